The van der Waals surface area contributed by atoms with Gasteiger partial charge >= 0.3 is 6.03 Å². The van der Waals surface area contributed by atoms with E-state index in [0.29, 0.717) is 23.8 Å². The van der Waals surface area contributed by atoms with E-state index in [4.69, 9.17) is 9.63 Å². The summed E-state index contributed by atoms with van der Waals surface area (Å²) >= 11 is 0. The maximum absolute atomic E-state index is 12.0. The zero-order chi connectivity index (χ0) is 16.1. The van der Waals surface area contributed by atoms with Gasteiger partial charge in [0.05, 0.1) is 6.61 Å². The van der Waals surface area contributed by atoms with Crippen LogP contribution in [0.25, 0.3) is 11.5 Å². The summed E-state index contributed by atoms with van der Waals surface area (Å²) in [6.45, 7) is 4.04. The third-order valence-electron chi connectivity index (χ3n) is 3.29. The van der Waals surface area contributed by atoms with Crippen LogP contribution < -0.4 is 5.32 Å². The number of rotatable bonds is 5. The van der Waals surface area contributed by atoms with E-state index in [-0.39, 0.29) is 19.2 Å². The molecular formula is C15H20N4O3. The second-order valence-electron chi connectivity index (χ2n) is 4.97. The summed E-state index contributed by atoms with van der Waals surface area (Å²) in [5.41, 5.74) is 2.34. The number of aryl methyl sites for hydroxylation is 2. The molecule has 7 heteroatoms. The molecule has 1 aromatic carbocycles. The fraction of sp³-hybridized carbons (Fsp3) is 0.400. The first-order valence-corrected chi connectivity index (χ1v) is 7.11. The average molecular weight is 304 g/mol. The van der Waals surface area contributed by atoms with Gasteiger partial charge < -0.3 is 19.8 Å². The topological polar surface area (TPSA) is 91.5 Å². The molecule has 0 radical (unpaired) electrons. The van der Waals surface area contributed by atoms with Crippen molar-refractivity contribution in [2.45, 2.75) is 20.3 Å². The Kier molecular flexibility index (Phi) is 5.11. The predicted octanol–water partition coefficient (Wildman–Crippen LogP) is 2.06. The van der Waals surface area contributed by atoms with Gasteiger partial charge in [-0.3, -0.25) is 0 Å². The normalized spacial score (nSPS) is 10.5. The summed E-state index contributed by atoms with van der Waals surface area (Å²) in [5, 5.41) is 15.6. The van der Waals surface area contributed by atoms with Crippen LogP contribution in [0.5, 0.6) is 0 Å². The van der Waals surface area contributed by atoms with Crippen LogP contribution in [0.4, 0.5) is 10.5 Å². The fourth-order valence-electron chi connectivity index (χ4n) is 1.87. The summed E-state index contributed by atoms with van der Waals surface area (Å²) in [7, 11) is 1.62. The van der Waals surface area contributed by atoms with Gasteiger partial charge in [0.15, 0.2) is 5.82 Å². The van der Waals surface area contributed by atoms with Crippen molar-refractivity contribution < 1.29 is 14.4 Å². The van der Waals surface area contributed by atoms with Crippen molar-refractivity contribution >= 4 is 11.7 Å². The van der Waals surface area contributed by atoms with Crippen LogP contribution in [0.1, 0.15) is 18.3 Å². The molecule has 0 unspecified atom stereocenters. The Bertz CT molecular complexity index is 654. The Balaban J connectivity index is 2.21. The number of aliphatic hydroxyl groups excluding tert-OH is 1. The number of anilines is 1. The monoisotopic (exact) mass is 304 g/mol. The van der Waals surface area contributed by atoms with E-state index >= 15 is 0 Å². The van der Waals surface area contributed by atoms with Crippen molar-refractivity contribution in [3.63, 3.8) is 0 Å². The average Bonchev–Trinajstić information content (AvgIpc) is 2.98. The number of aromatic nitrogens is 2. The highest BCUT2D eigenvalue weighted by Crippen LogP contribution is 2.24. The Morgan fingerprint density at radius 1 is 1.45 bits per heavy atom. The summed E-state index contributed by atoms with van der Waals surface area (Å²) in [6, 6.07) is 5.27. The molecule has 1 heterocycles. The first-order valence-electron chi connectivity index (χ1n) is 7.11. The molecular weight excluding hydrogens is 284 g/mol. The van der Waals surface area contributed by atoms with E-state index in [1.807, 2.05) is 26.0 Å². The molecule has 0 saturated carbocycles. The summed E-state index contributed by atoms with van der Waals surface area (Å²) < 4.78 is 5.21. The molecule has 0 aliphatic rings. The number of hydrogen-bond donors (Lipinski definition) is 2. The highest BCUT2D eigenvalue weighted by atomic mass is 16.5. The van der Waals surface area contributed by atoms with Crippen LogP contribution in [0.3, 0.4) is 0 Å². The van der Waals surface area contributed by atoms with Crippen LogP contribution in [-0.2, 0) is 6.42 Å². The van der Waals surface area contributed by atoms with E-state index in [1.165, 1.54) is 4.90 Å². The molecule has 2 rings (SSSR count). The van der Waals surface area contributed by atoms with Crippen molar-refractivity contribution in [1.82, 2.24) is 15.0 Å². The molecule has 118 valence electrons. The highest BCUT2D eigenvalue weighted by Gasteiger charge is 2.13. The molecule has 7 nitrogen and oxygen atoms in total. The molecule has 2 amide bonds. The predicted molar refractivity (Wildman–Crippen MR) is 82.6 cm³/mol. The third-order valence-corrected chi connectivity index (χ3v) is 3.29. The minimum Gasteiger partial charge on any atom is -0.395 e. The molecule has 0 saturated heterocycles. The van der Waals surface area contributed by atoms with Crippen LogP contribution >= 0.6 is 0 Å². The number of aliphatic hydroxyl groups is 1. The maximum atomic E-state index is 12.0. The van der Waals surface area contributed by atoms with Crippen molar-refractivity contribution in [3.8, 4) is 11.5 Å². The van der Waals surface area contributed by atoms with Crippen LogP contribution in [0.2, 0.25) is 0 Å². The molecule has 0 atom stereocenters. The van der Waals surface area contributed by atoms with Gasteiger partial charge in [-0.25, -0.2) is 4.79 Å². The van der Waals surface area contributed by atoms with Crippen LogP contribution in [0, 0.1) is 6.92 Å². The van der Waals surface area contributed by atoms with Gasteiger partial charge in [-0.2, -0.15) is 4.98 Å². The molecule has 0 fully saturated rings. The third kappa shape index (κ3) is 3.62. The number of amides is 2. The number of carbonyl (C=O) groups excluding carboxylic acids is 1. The second kappa shape index (κ2) is 7.04. The van der Waals surface area contributed by atoms with Gasteiger partial charge in [0.25, 0.3) is 5.89 Å². The quantitative estimate of drug-likeness (QED) is 0.882. The maximum Gasteiger partial charge on any atom is 0.321 e. The van der Waals surface area contributed by atoms with E-state index in [1.54, 1.807) is 13.1 Å². The minimum absolute atomic E-state index is 0.0786. The number of likely N-dealkylation sites (N-methyl/N-ethyl adjacent to an activating group) is 1. The first-order chi connectivity index (χ1) is 10.5. The standard InChI is InChI=1S/C15H20N4O3/c1-4-13-17-14(22-18-13)11-6-5-10(2)12(9-11)16-15(21)19(3)7-8-20/h5-6,9,20H,4,7-8H2,1-3H3,(H,16,21). The van der Waals surface area contributed by atoms with Gasteiger partial charge in [0, 0.05) is 31.3 Å². The highest BCUT2D eigenvalue weighted by molar-refractivity contribution is 5.90. The van der Waals surface area contributed by atoms with Gasteiger partial charge in [-0.15, -0.1) is 0 Å². The van der Waals surface area contributed by atoms with E-state index in [0.717, 1.165) is 11.1 Å². The zero-order valence-electron chi connectivity index (χ0n) is 13.0. The van der Waals surface area contributed by atoms with Gasteiger partial charge in [-0.05, 0) is 24.6 Å². The van der Waals surface area contributed by atoms with E-state index < -0.39 is 0 Å². The molecule has 2 aromatic rings. The molecule has 0 spiro atoms. The summed E-state index contributed by atoms with van der Waals surface area (Å²) in [6.07, 6.45) is 0.699. The fourth-order valence-corrected chi connectivity index (χ4v) is 1.87. The van der Waals surface area contributed by atoms with Gasteiger partial charge in [-0.1, -0.05) is 18.1 Å². The number of nitrogens with one attached hydrogen (secondary N) is 1. The lowest BCUT2D eigenvalue weighted by molar-refractivity contribution is 0.202. The lowest BCUT2D eigenvalue weighted by Gasteiger charge is -2.17. The van der Waals surface area contributed by atoms with Gasteiger partial charge in [0.2, 0.25) is 0 Å². The van der Waals surface area contributed by atoms with Crippen LogP contribution in [0.15, 0.2) is 22.7 Å². The molecule has 0 aliphatic carbocycles. The van der Waals surface area contributed by atoms with Crippen molar-refractivity contribution in [3.05, 3.63) is 29.6 Å². The Labute approximate surface area is 128 Å². The molecule has 22 heavy (non-hydrogen) atoms. The molecule has 0 aliphatic heterocycles. The summed E-state index contributed by atoms with van der Waals surface area (Å²) in [4.78, 5) is 17.7. The van der Waals surface area contributed by atoms with Gasteiger partial charge in [0.1, 0.15) is 0 Å². The molecule has 2 N–H and O–H groups in total. The Morgan fingerprint density at radius 3 is 2.86 bits per heavy atom. The summed E-state index contributed by atoms with van der Waals surface area (Å²) in [5.74, 6) is 1.07. The first kappa shape index (κ1) is 16.0. The van der Waals surface area contributed by atoms with Crippen molar-refractivity contribution in [2.75, 3.05) is 25.5 Å². The van der Waals surface area contributed by atoms with Crippen molar-refractivity contribution in [1.29, 1.82) is 0 Å². The lowest BCUT2D eigenvalue weighted by Crippen LogP contribution is -2.33. The smallest absolute Gasteiger partial charge is 0.321 e. The number of nitrogens with zero attached hydrogens (tertiary/aromatic N) is 3. The second-order valence-corrected chi connectivity index (χ2v) is 4.97. The minimum atomic E-state index is -0.283. The van der Waals surface area contributed by atoms with Crippen molar-refractivity contribution in [2.24, 2.45) is 0 Å². The molecule has 0 bridgehead atoms. The number of hydrogen-bond acceptors (Lipinski definition) is 5. The molecule has 1 aromatic heterocycles. The van der Waals surface area contributed by atoms with Crippen LogP contribution in [-0.4, -0.2) is 46.4 Å². The van der Waals surface area contributed by atoms with E-state index in [9.17, 15) is 4.79 Å². The SMILES string of the molecule is CCc1noc(-c2ccc(C)c(NC(=O)N(C)CCO)c2)n1. The zero-order valence-corrected chi connectivity index (χ0v) is 13.0. The number of benzene rings is 1. The largest absolute Gasteiger partial charge is 0.395 e. The number of urea groups is 1. The lowest BCUT2D eigenvalue weighted by atomic mass is 10.1. The number of carbonyl (C=O) groups is 1. The van der Waals surface area contributed by atoms with E-state index in [2.05, 4.69) is 15.5 Å². The Morgan fingerprint density at radius 2 is 2.23 bits per heavy atom. The Hall–Kier alpha value is -2.41.